The number of likely N-dealkylation sites (N-methyl/N-ethyl adjacent to an activating group) is 1. The first-order valence-electron chi connectivity index (χ1n) is 8.15. The molecule has 2 bridgehead atoms. The number of benzene rings is 2. The summed E-state index contributed by atoms with van der Waals surface area (Å²) in [5, 5.41) is 2.83. The summed E-state index contributed by atoms with van der Waals surface area (Å²) in [6, 6.07) is 14.9. The Labute approximate surface area is 127 Å². The number of hydrogen-bond donors (Lipinski definition) is 0. The first-order chi connectivity index (χ1) is 10.2. The predicted molar refractivity (Wildman–Crippen MR) is 90.5 cm³/mol. The van der Waals surface area contributed by atoms with Crippen LogP contribution in [0.25, 0.3) is 16.3 Å². The van der Waals surface area contributed by atoms with Gasteiger partial charge in [-0.05, 0) is 60.7 Å². The zero-order chi connectivity index (χ0) is 14.4. The SMILES string of the molecule is Cc1ccc(C2=CC3CCCC(C2)N3C)c2ccccc12. The molecule has 0 amide bonds. The molecule has 0 aliphatic carbocycles. The number of piperidine rings is 1. The van der Waals surface area contributed by atoms with E-state index >= 15 is 0 Å². The minimum Gasteiger partial charge on any atom is -0.297 e. The molecule has 1 fully saturated rings. The van der Waals surface area contributed by atoms with Crippen LogP contribution < -0.4 is 0 Å². The maximum absolute atomic E-state index is 2.59. The molecule has 108 valence electrons. The van der Waals surface area contributed by atoms with Crippen LogP contribution >= 0.6 is 0 Å². The summed E-state index contributed by atoms with van der Waals surface area (Å²) in [6.45, 7) is 2.21. The van der Waals surface area contributed by atoms with Crippen LogP contribution in [-0.2, 0) is 0 Å². The second-order valence-electron chi connectivity index (χ2n) is 6.69. The molecule has 2 unspecified atom stereocenters. The molecule has 2 atom stereocenters. The topological polar surface area (TPSA) is 3.24 Å². The monoisotopic (exact) mass is 277 g/mol. The zero-order valence-electron chi connectivity index (χ0n) is 13.0. The summed E-state index contributed by atoms with van der Waals surface area (Å²) in [5.41, 5.74) is 4.41. The van der Waals surface area contributed by atoms with E-state index in [0.717, 1.165) is 6.04 Å². The van der Waals surface area contributed by atoms with Crippen molar-refractivity contribution >= 4 is 16.3 Å². The van der Waals surface area contributed by atoms with Gasteiger partial charge in [0.1, 0.15) is 0 Å². The maximum Gasteiger partial charge on any atom is 0.0284 e. The van der Waals surface area contributed by atoms with E-state index in [2.05, 4.69) is 61.3 Å². The van der Waals surface area contributed by atoms with Crippen molar-refractivity contribution in [1.29, 1.82) is 0 Å². The molecule has 0 spiro atoms. The van der Waals surface area contributed by atoms with E-state index < -0.39 is 0 Å². The van der Waals surface area contributed by atoms with Crippen molar-refractivity contribution in [3.8, 4) is 0 Å². The van der Waals surface area contributed by atoms with Gasteiger partial charge in [-0.15, -0.1) is 0 Å². The number of nitrogens with zero attached hydrogens (tertiary/aromatic N) is 1. The van der Waals surface area contributed by atoms with E-state index in [-0.39, 0.29) is 0 Å². The second-order valence-corrected chi connectivity index (χ2v) is 6.69. The van der Waals surface area contributed by atoms with Crippen molar-refractivity contribution in [2.24, 2.45) is 0 Å². The Balaban J connectivity index is 1.86. The highest BCUT2D eigenvalue weighted by molar-refractivity contribution is 5.96. The van der Waals surface area contributed by atoms with Gasteiger partial charge in [0.15, 0.2) is 0 Å². The highest BCUT2D eigenvalue weighted by Crippen LogP contribution is 2.38. The quantitative estimate of drug-likeness (QED) is 0.724. The summed E-state index contributed by atoms with van der Waals surface area (Å²) < 4.78 is 0. The van der Waals surface area contributed by atoms with Gasteiger partial charge in [-0.3, -0.25) is 4.90 Å². The third kappa shape index (κ3) is 2.11. The lowest BCUT2D eigenvalue weighted by atomic mass is 9.82. The first-order valence-corrected chi connectivity index (χ1v) is 8.15. The van der Waals surface area contributed by atoms with Crippen LogP contribution in [0.3, 0.4) is 0 Å². The number of aryl methyl sites for hydroxylation is 1. The lowest BCUT2D eigenvalue weighted by Crippen LogP contribution is -2.45. The number of hydrogen-bond acceptors (Lipinski definition) is 1. The molecule has 2 aromatic carbocycles. The molecule has 1 nitrogen and oxygen atoms in total. The molecular formula is C20H23N. The number of fused-ring (bicyclic) bond motifs is 3. The van der Waals surface area contributed by atoms with Crippen molar-refractivity contribution in [1.82, 2.24) is 4.90 Å². The van der Waals surface area contributed by atoms with Gasteiger partial charge >= 0.3 is 0 Å². The molecule has 2 aliphatic heterocycles. The summed E-state index contributed by atoms with van der Waals surface area (Å²) in [5.74, 6) is 0. The summed E-state index contributed by atoms with van der Waals surface area (Å²) in [6.07, 6.45) is 7.80. The highest BCUT2D eigenvalue weighted by Gasteiger charge is 2.31. The normalized spacial score (nSPS) is 25.9. The molecule has 4 rings (SSSR count). The van der Waals surface area contributed by atoms with Crippen LogP contribution in [0.2, 0.25) is 0 Å². The fraction of sp³-hybridized carbons (Fsp3) is 0.400. The Bertz CT molecular complexity index is 713. The smallest absolute Gasteiger partial charge is 0.0284 e. The molecule has 21 heavy (non-hydrogen) atoms. The fourth-order valence-corrected chi connectivity index (χ4v) is 4.17. The van der Waals surface area contributed by atoms with Crippen LogP contribution in [0.5, 0.6) is 0 Å². The highest BCUT2D eigenvalue weighted by atomic mass is 15.2. The Hall–Kier alpha value is -1.60. The minimum absolute atomic E-state index is 0.646. The predicted octanol–water partition coefficient (Wildman–Crippen LogP) is 4.79. The van der Waals surface area contributed by atoms with Crippen LogP contribution in [0.4, 0.5) is 0 Å². The Morgan fingerprint density at radius 1 is 1.00 bits per heavy atom. The standard InChI is InChI=1S/C20H23N/c1-14-10-11-19(20-9-4-3-8-18(14)20)15-12-16-6-5-7-17(13-15)21(16)2/h3-4,8-12,16-17H,5-7,13H2,1-2H3. The van der Waals surface area contributed by atoms with E-state index in [1.165, 1.54) is 47.6 Å². The molecule has 2 aromatic rings. The third-order valence-electron chi connectivity index (χ3n) is 5.47. The van der Waals surface area contributed by atoms with Crippen LogP contribution in [0.15, 0.2) is 42.5 Å². The van der Waals surface area contributed by atoms with Gasteiger partial charge in [0.25, 0.3) is 0 Å². The van der Waals surface area contributed by atoms with E-state index in [4.69, 9.17) is 0 Å². The Morgan fingerprint density at radius 3 is 2.62 bits per heavy atom. The summed E-state index contributed by atoms with van der Waals surface area (Å²) in [7, 11) is 2.30. The van der Waals surface area contributed by atoms with Gasteiger partial charge in [0.2, 0.25) is 0 Å². The second kappa shape index (κ2) is 4.99. The average Bonchev–Trinajstić information content (AvgIpc) is 2.48. The first kappa shape index (κ1) is 13.1. The van der Waals surface area contributed by atoms with E-state index in [1.54, 1.807) is 5.57 Å². The lowest BCUT2D eigenvalue weighted by Gasteiger charge is -2.43. The van der Waals surface area contributed by atoms with Gasteiger partial charge in [-0.25, -0.2) is 0 Å². The van der Waals surface area contributed by atoms with Gasteiger partial charge in [-0.1, -0.05) is 48.9 Å². The van der Waals surface area contributed by atoms with Gasteiger partial charge in [0.05, 0.1) is 0 Å². The number of rotatable bonds is 1. The van der Waals surface area contributed by atoms with Gasteiger partial charge in [-0.2, -0.15) is 0 Å². The molecule has 2 heterocycles. The molecule has 1 saturated heterocycles. The Kier molecular flexibility index (Phi) is 3.11. The maximum atomic E-state index is 2.59. The van der Waals surface area contributed by atoms with Crippen LogP contribution in [-0.4, -0.2) is 24.0 Å². The molecule has 1 heteroatoms. The van der Waals surface area contributed by atoms with Crippen molar-refractivity contribution in [2.45, 2.75) is 44.7 Å². The largest absolute Gasteiger partial charge is 0.297 e. The molecule has 0 saturated carbocycles. The molecule has 0 aromatic heterocycles. The van der Waals surface area contributed by atoms with E-state index in [0.29, 0.717) is 6.04 Å². The Morgan fingerprint density at radius 2 is 1.81 bits per heavy atom. The third-order valence-corrected chi connectivity index (χ3v) is 5.47. The van der Waals surface area contributed by atoms with Gasteiger partial charge in [0, 0.05) is 12.1 Å². The molecule has 0 N–H and O–H groups in total. The van der Waals surface area contributed by atoms with E-state index in [9.17, 15) is 0 Å². The lowest BCUT2D eigenvalue weighted by molar-refractivity contribution is 0.137. The van der Waals surface area contributed by atoms with Gasteiger partial charge < -0.3 is 0 Å². The van der Waals surface area contributed by atoms with Crippen molar-refractivity contribution in [3.63, 3.8) is 0 Å². The van der Waals surface area contributed by atoms with Crippen LogP contribution in [0, 0.1) is 6.92 Å². The van der Waals surface area contributed by atoms with Crippen LogP contribution in [0.1, 0.15) is 36.8 Å². The van der Waals surface area contributed by atoms with Crippen molar-refractivity contribution in [3.05, 3.63) is 53.6 Å². The molecular weight excluding hydrogens is 254 g/mol. The van der Waals surface area contributed by atoms with Crippen molar-refractivity contribution < 1.29 is 0 Å². The summed E-state index contributed by atoms with van der Waals surface area (Å²) >= 11 is 0. The summed E-state index contributed by atoms with van der Waals surface area (Å²) in [4.78, 5) is 2.59. The zero-order valence-corrected chi connectivity index (χ0v) is 13.0. The molecule has 2 aliphatic rings. The molecule has 0 radical (unpaired) electrons. The fourth-order valence-electron chi connectivity index (χ4n) is 4.17. The van der Waals surface area contributed by atoms with Crippen molar-refractivity contribution in [2.75, 3.05) is 7.05 Å². The minimum atomic E-state index is 0.646. The average molecular weight is 277 g/mol. The van der Waals surface area contributed by atoms with E-state index in [1.807, 2.05) is 0 Å².